The third kappa shape index (κ3) is 1.84. The topological polar surface area (TPSA) is 64.9 Å². The van der Waals surface area contributed by atoms with Crippen LogP contribution in [0.1, 0.15) is 62.6 Å². The van der Waals surface area contributed by atoms with Gasteiger partial charge in [-0.05, 0) is 32.1 Å². The monoisotopic (exact) mass is 243 g/mol. The zero-order valence-corrected chi connectivity index (χ0v) is 10.1. The lowest BCUT2D eigenvalue weighted by Crippen LogP contribution is -2.44. The molecule has 2 saturated carbocycles. The molecule has 0 amide bonds. The Kier molecular flexibility index (Phi) is 3.22. The van der Waals surface area contributed by atoms with Crippen LogP contribution < -0.4 is 5.73 Å². The Labute approximate surface area is 101 Å². The summed E-state index contributed by atoms with van der Waals surface area (Å²) in [6.45, 7) is 0. The van der Waals surface area contributed by atoms with E-state index in [9.17, 15) is 0 Å². The molecule has 0 saturated heterocycles. The Morgan fingerprint density at radius 2 is 1.88 bits per heavy atom. The van der Waals surface area contributed by atoms with Crippen molar-refractivity contribution in [1.82, 2.24) is 10.1 Å². The van der Waals surface area contributed by atoms with Gasteiger partial charge in [0.1, 0.15) is 0 Å². The molecular formula is C11H18ClN3O. The highest BCUT2D eigenvalue weighted by molar-refractivity contribution is 5.85. The molecule has 1 heterocycles. The van der Waals surface area contributed by atoms with E-state index in [1.807, 2.05) is 0 Å². The van der Waals surface area contributed by atoms with E-state index in [4.69, 9.17) is 10.3 Å². The van der Waals surface area contributed by atoms with E-state index in [2.05, 4.69) is 10.1 Å². The average Bonchev–Trinajstić information content (AvgIpc) is 2.84. The minimum Gasteiger partial charge on any atom is -0.339 e. The van der Waals surface area contributed by atoms with Gasteiger partial charge in [0.15, 0.2) is 5.82 Å². The number of halogens is 1. The summed E-state index contributed by atoms with van der Waals surface area (Å²) in [4.78, 5) is 4.48. The molecule has 5 heteroatoms. The van der Waals surface area contributed by atoms with Crippen molar-refractivity contribution >= 4 is 12.4 Å². The van der Waals surface area contributed by atoms with Gasteiger partial charge < -0.3 is 10.3 Å². The smallest absolute Gasteiger partial charge is 0.229 e. The quantitative estimate of drug-likeness (QED) is 0.867. The van der Waals surface area contributed by atoms with Crippen molar-refractivity contribution in [2.75, 3.05) is 0 Å². The number of rotatable bonds is 2. The van der Waals surface area contributed by atoms with Crippen LogP contribution in [0.15, 0.2) is 4.52 Å². The van der Waals surface area contributed by atoms with Crippen LogP contribution in [-0.2, 0) is 5.54 Å². The molecule has 2 N–H and O–H groups in total. The van der Waals surface area contributed by atoms with E-state index in [0.717, 1.165) is 24.6 Å². The van der Waals surface area contributed by atoms with Crippen molar-refractivity contribution in [3.05, 3.63) is 11.7 Å². The predicted octanol–water partition coefficient (Wildman–Crippen LogP) is 2.49. The summed E-state index contributed by atoms with van der Waals surface area (Å²) in [7, 11) is 0. The zero-order valence-electron chi connectivity index (χ0n) is 9.32. The maximum atomic E-state index is 6.15. The van der Waals surface area contributed by atoms with Crippen LogP contribution in [0.2, 0.25) is 0 Å². The minimum atomic E-state index is -0.277. The molecule has 0 aromatic carbocycles. The first-order valence-corrected chi connectivity index (χ1v) is 5.91. The van der Waals surface area contributed by atoms with E-state index in [1.54, 1.807) is 0 Å². The lowest BCUT2D eigenvalue weighted by Gasteiger charge is -2.34. The molecule has 90 valence electrons. The molecular weight excluding hydrogens is 226 g/mol. The first-order chi connectivity index (χ1) is 7.28. The second-order valence-corrected chi connectivity index (χ2v) is 4.95. The number of nitrogens with zero attached hydrogens (tertiary/aromatic N) is 2. The first kappa shape index (κ1) is 11.9. The molecule has 2 fully saturated rings. The average molecular weight is 244 g/mol. The molecule has 2 aliphatic rings. The molecule has 2 aliphatic carbocycles. The molecule has 0 spiro atoms. The van der Waals surface area contributed by atoms with Crippen LogP contribution >= 0.6 is 12.4 Å². The molecule has 1 aromatic rings. The molecule has 0 atom stereocenters. The lowest BCUT2D eigenvalue weighted by molar-refractivity contribution is 0.228. The Morgan fingerprint density at radius 1 is 1.19 bits per heavy atom. The highest BCUT2D eigenvalue weighted by Gasteiger charge is 2.39. The van der Waals surface area contributed by atoms with Gasteiger partial charge in [-0.25, -0.2) is 0 Å². The van der Waals surface area contributed by atoms with Crippen LogP contribution in [-0.4, -0.2) is 10.1 Å². The van der Waals surface area contributed by atoms with Gasteiger partial charge in [-0.2, -0.15) is 4.98 Å². The number of hydrogen-bond acceptors (Lipinski definition) is 4. The summed E-state index contributed by atoms with van der Waals surface area (Å²) in [5, 5.41) is 4.04. The summed E-state index contributed by atoms with van der Waals surface area (Å²) in [6.07, 6.45) is 8.14. The fraction of sp³-hybridized carbons (Fsp3) is 0.818. The predicted molar refractivity (Wildman–Crippen MR) is 62.5 cm³/mol. The Hall–Kier alpha value is -0.610. The third-order valence-electron chi connectivity index (χ3n) is 3.84. The van der Waals surface area contributed by atoms with E-state index in [-0.39, 0.29) is 17.9 Å². The second kappa shape index (κ2) is 4.34. The molecule has 0 radical (unpaired) electrons. The van der Waals surface area contributed by atoms with E-state index >= 15 is 0 Å². The minimum absolute atomic E-state index is 0. The van der Waals surface area contributed by atoms with Crippen LogP contribution in [0.3, 0.4) is 0 Å². The van der Waals surface area contributed by atoms with Crippen LogP contribution in [0.25, 0.3) is 0 Å². The van der Waals surface area contributed by atoms with E-state index in [1.165, 1.54) is 32.1 Å². The highest BCUT2D eigenvalue weighted by Crippen LogP contribution is 2.39. The van der Waals surface area contributed by atoms with Gasteiger partial charge in [-0.3, -0.25) is 0 Å². The molecule has 0 unspecified atom stereocenters. The summed E-state index contributed by atoms with van der Waals surface area (Å²) in [6, 6.07) is 0. The van der Waals surface area contributed by atoms with E-state index < -0.39 is 0 Å². The van der Waals surface area contributed by atoms with Crippen molar-refractivity contribution in [1.29, 1.82) is 0 Å². The molecule has 16 heavy (non-hydrogen) atoms. The number of nitrogens with two attached hydrogens (primary N) is 1. The molecule has 1 aromatic heterocycles. The van der Waals surface area contributed by atoms with E-state index in [0.29, 0.717) is 5.92 Å². The van der Waals surface area contributed by atoms with Crippen molar-refractivity contribution < 1.29 is 4.52 Å². The lowest BCUT2D eigenvalue weighted by atomic mass is 9.77. The van der Waals surface area contributed by atoms with Gasteiger partial charge in [0.2, 0.25) is 5.89 Å². The zero-order chi connectivity index (χ0) is 10.3. The summed E-state index contributed by atoms with van der Waals surface area (Å²) in [5.74, 6) is 2.05. The fourth-order valence-corrected chi connectivity index (χ4v) is 2.56. The SMILES string of the molecule is Cl.NC1(c2noc(C3CCCC3)n2)CCC1. The van der Waals surface area contributed by atoms with Crippen LogP contribution in [0.4, 0.5) is 0 Å². The van der Waals surface area contributed by atoms with Gasteiger partial charge in [-0.15, -0.1) is 12.4 Å². The van der Waals surface area contributed by atoms with Gasteiger partial charge in [0.25, 0.3) is 0 Å². The van der Waals surface area contributed by atoms with Crippen molar-refractivity contribution in [3.63, 3.8) is 0 Å². The fourth-order valence-electron chi connectivity index (χ4n) is 2.56. The second-order valence-electron chi connectivity index (χ2n) is 4.95. The first-order valence-electron chi connectivity index (χ1n) is 5.91. The van der Waals surface area contributed by atoms with Crippen LogP contribution in [0, 0.1) is 0 Å². The Balaban J connectivity index is 0.000000963. The molecule has 3 rings (SSSR count). The molecule has 0 bridgehead atoms. The van der Waals surface area contributed by atoms with Crippen molar-refractivity contribution in [2.24, 2.45) is 5.73 Å². The maximum absolute atomic E-state index is 6.15. The largest absolute Gasteiger partial charge is 0.339 e. The van der Waals surface area contributed by atoms with Crippen LogP contribution in [0.5, 0.6) is 0 Å². The highest BCUT2D eigenvalue weighted by atomic mass is 35.5. The van der Waals surface area contributed by atoms with Crippen molar-refractivity contribution in [2.45, 2.75) is 56.4 Å². The summed E-state index contributed by atoms with van der Waals surface area (Å²) in [5.41, 5.74) is 5.87. The molecule has 0 aliphatic heterocycles. The Bertz CT molecular complexity index is 356. The maximum Gasteiger partial charge on any atom is 0.229 e. The van der Waals surface area contributed by atoms with Crippen molar-refractivity contribution in [3.8, 4) is 0 Å². The van der Waals surface area contributed by atoms with Gasteiger partial charge in [-0.1, -0.05) is 18.0 Å². The summed E-state index contributed by atoms with van der Waals surface area (Å²) < 4.78 is 5.33. The summed E-state index contributed by atoms with van der Waals surface area (Å²) >= 11 is 0. The normalized spacial score (nSPS) is 23.8. The third-order valence-corrected chi connectivity index (χ3v) is 3.84. The Morgan fingerprint density at radius 3 is 2.44 bits per heavy atom. The molecule has 4 nitrogen and oxygen atoms in total. The van der Waals surface area contributed by atoms with Gasteiger partial charge in [0, 0.05) is 5.92 Å². The standard InChI is InChI=1S/C11H17N3O.ClH/c12-11(6-3-7-11)10-13-9(15-14-10)8-4-1-2-5-8;/h8H,1-7,12H2;1H. The number of hydrogen-bond donors (Lipinski definition) is 1. The van der Waals surface area contributed by atoms with Gasteiger partial charge in [0.05, 0.1) is 5.54 Å². The number of aromatic nitrogens is 2. The van der Waals surface area contributed by atoms with Gasteiger partial charge >= 0.3 is 0 Å².